The first-order chi connectivity index (χ1) is 8.84. The average Bonchev–Trinajstić information content (AvgIpc) is 2.83. The second-order valence-electron chi connectivity index (χ2n) is 4.35. The Hall–Kier alpha value is -2.13. The summed E-state index contributed by atoms with van der Waals surface area (Å²) in [6.45, 7) is 0. The summed E-state index contributed by atoms with van der Waals surface area (Å²) in [7, 11) is 1.92. The van der Waals surface area contributed by atoms with Crippen LogP contribution in [0.2, 0.25) is 0 Å². The highest BCUT2D eigenvalue weighted by Crippen LogP contribution is 2.23. The van der Waals surface area contributed by atoms with Gasteiger partial charge in [0.15, 0.2) is 0 Å². The molecule has 1 atom stereocenters. The molecule has 0 aromatic heterocycles. The van der Waals surface area contributed by atoms with Crippen LogP contribution < -0.4 is 5.43 Å². The molecule has 0 fully saturated rings. The topological polar surface area (TPSA) is 27.6 Å². The number of hydrazone groups is 1. The van der Waals surface area contributed by atoms with Gasteiger partial charge >= 0.3 is 0 Å². The van der Waals surface area contributed by atoms with Crippen LogP contribution in [0.5, 0.6) is 0 Å². The molecule has 1 aliphatic heterocycles. The van der Waals surface area contributed by atoms with Crippen molar-refractivity contribution in [3.8, 4) is 0 Å². The van der Waals surface area contributed by atoms with Gasteiger partial charge in [-0.1, -0.05) is 60.7 Å². The lowest BCUT2D eigenvalue weighted by atomic mass is 9.98. The highest BCUT2D eigenvalue weighted by molar-refractivity contribution is 6.05. The highest BCUT2D eigenvalue weighted by Gasteiger charge is 2.26. The summed E-state index contributed by atoms with van der Waals surface area (Å²) >= 11 is 0. The third kappa shape index (κ3) is 2.00. The number of hydrogen-bond acceptors (Lipinski definition) is 3. The molecule has 0 saturated carbocycles. The van der Waals surface area contributed by atoms with Crippen molar-refractivity contribution in [2.24, 2.45) is 5.10 Å². The second-order valence-corrected chi connectivity index (χ2v) is 4.35. The number of hydrogen-bond donors (Lipinski definition) is 1. The van der Waals surface area contributed by atoms with Gasteiger partial charge < -0.3 is 0 Å². The quantitative estimate of drug-likeness (QED) is 0.869. The molecule has 0 aliphatic carbocycles. The van der Waals surface area contributed by atoms with Gasteiger partial charge in [0.25, 0.3) is 0 Å². The second kappa shape index (κ2) is 4.63. The van der Waals surface area contributed by atoms with Crippen molar-refractivity contribution < 1.29 is 0 Å². The minimum absolute atomic E-state index is 0.124. The summed E-state index contributed by atoms with van der Waals surface area (Å²) in [6.07, 6.45) is 0. The van der Waals surface area contributed by atoms with E-state index < -0.39 is 0 Å². The van der Waals surface area contributed by atoms with E-state index in [0.717, 1.165) is 11.3 Å². The zero-order chi connectivity index (χ0) is 12.4. The third-order valence-electron chi connectivity index (χ3n) is 3.05. The van der Waals surface area contributed by atoms with Crippen LogP contribution >= 0.6 is 0 Å². The number of nitrogens with one attached hydrogen (secondary N) is 1. The van der Waals surface area contributed by atoms with Crippen molar-refractivity contribution in [2.45, 2.75) is 6.04 Å². The van der Waals surface area contributed by atoms with Crippen molar-refractivity contribution in [3.05, 3.63) is 71.8 Å². The molecule has 2 aromatic rings. The molecule has 18 heavy (non-hydrogen) atoms. The van der Waals surface area contributed by atoms with Crippen molar-refractivity contribution in [3.63, 3.8) is 0 Å². The molecular weight excluding hydrogens is 222 g/mol. The van der Waals surface area contributed by atoms with Gasteiger partial charge in [0.1, 0.15) is 0 Å². The van der Waals surface area contributed by atoms with E-state index in [1.165, 1.54) is 5.56 Å². The molecule has 3 nitrogen and oxygen atoms in total. The van der Waals surface area contributed by atoms with Crippen LogP contribution in [0.25, 0.3) is 0 Å². The van der Waals surface area contributed by atoms with E-state index in [1.807, 2.05) is 31.3 Å². The summed E-state index contributed by atoms with van der Waals surface area (Å²) in [6, 6.07) is 20.8. The minimum Gasteiger partial charge on any atom is -0.232 e. The van der Waals surface area contributed by atoms with Crippen LogP contribution in [0.4, 0.5) is 0 Å². The fourth-order valence-corrected chi connectivity index (χ4v) is 2.21. The van der Waals surface area contributed by atoms with Crippen LogP contribution in [-0.2, 0) is 0 Å². The molecular formula is C15H15N3. The van der Waals surface area contributed by atoms with Crippen LogP contribution in [0, 0.1) is 0 Å². The van der Waals surface area contributed by atoms with Gasteiger partial charge in [-0.2, -0.15) is 5.10 Å². The van der Waals surface area contributed by atoms with Crippen molar-refractivity contribution in [1.29, 1.82) is 0 Å². The maximum Gasteiger partial charge on any atom is 0.0973 e. The monoisotopic (exact) mass is 237 g/mol. The van der Waals surface area contributed by atoms with Crippen molar-refractivity contribution >= 4 is 5.71 Å². The average molecular weight is 237 g/mol. The van der Waals surface area contributed by atoms with Gasteiger partial charge in [-0.15, -0.1) is 0 Å². The Morgan fingerprint density at radius 3 is 2.22 bits per heavy atom. The summed E-state index contributed by atoms with van der Waals surface area (Å²) in [4.78, 5) is 0. The zero-order valence-electron chi connectivity index (χ0n) is 10.2. The number of hydrazine groups is 1. The fourth-order valence-electron chi connectivity index (χ4n) is 2.21. The number of rotatable bonds is 2. The molecule has 0 saturated heterocycles. The third-order valence-corrected chi connectivity index (χ3v) is 3.05. The van der Waals surface area contributed by atoms with Crippen LogP contribution in [-0.4, -0.2) is 17.9 Å². The van der Waals surface area contributed by atoms with Crippen LogP contribution in [0.3, 0.4) is 0 Å². The molecule has 3 heteroatoms. The Morgan fingerprint density at radius 2 is 1.56 bits per heavy atom. The summed E-state index contributed by atoms with van der Waals surface area (Å²) in [5.74, 6) is 0. The molecule has 90 valence electrons. The smallest absolute Gasteiger partial charge is 0.0973 e. The van der Waals surface area contributed by atoms with Crippen molar-refractivity contribution in [2.75, 3.05) is 7.05 Å². The Morgan fingerprint density at radius 1 is 0.944 bits per heavy atom. The highest BCUT2D eigenvalue weighted by atomic mass is 15.7. The van der Waals surface area contributed by atoms with E-state index in [-0.39, 0.29) is 6.04 Å². The summed E-state index contributed by atoms with van der Waals surface area (Å²) in [5, 5.41) is 6.33. The van der Waals surface area contributed by atoms with Crippen LogP contribution in [0.15, 0.2) is 65.8 Å². The lowest BCUT2D eigenvalue weighted by molar-refractivity contribution is 0.263. The first-order valence-electron chi connectivity index (χ1n) is 6.03. The van der Waals surface area contributed by atoms with E-state index in [4.69, 9.17) is 0 Å². The first kappa shape index (κ1) is 11.0. The lowest BCUT2D eigenvalue weighted by Gasteiger charge is -2.15. The Labute approximate surface area is 107 Å². The van der Waals surface area contributed by atoms with Gasteiger partial charge in [-0.05, 0) is 11.1 Å². The molecule has 1 unspecified atom stereocenters. The maximum absolute atomic E-state index is 4.56. The molecule has 3 rings (SSSR count). The SMILES string of the molecule is CN1N=C(c2ccccc2)C(c2ccccc2)N1. The first-order valence-corrected chi connectivity index (χ1v) is 6.03. The Bertz CT molecular complexity index is 548. The predicted octanol–water partition coefficient (Wildman–Crippen LogP) is 2.58. The molecule has 1 heterocycles. The van der Waals surface area contributed by atoms with Gasteiger partial charge in [0.05, 0.1) is 11.8 Å². The molecule has 0 radical (unpaired) electrons. The van der Waals surface area contributed by atoms with E-state index in [9.17, 15) is 0 Å². The van der Waals surface area contributed by atoms with Gasteiger partial charge in [-0.3, -0.25) is 0 Å². The van der Waals surface area contributed by atoms with Crippen molar-refractivity contribution in [1.82, 2.24) is 10.5 Å². The summed E-state index contributed by atoms with van der Waals surface area (Å²) in [5.41, 5.74) is 6.79. The van der Waals surface area contributed by atoms with Gasteiger partial charge in [0, 0.05) is 7.05 Å². The minimum atomic E-state index is 0.124. The number of nitrogens with zero attached hydrogens (tertiary/aromatic N) is 2. The fraction of sp³-hybridized carbons (Fsp3) is 0.133. The molecule has 0 amide bonds. The standard InChI is InChI=1S/C15H15N3/c1-18-16-14(12-8-4-2-5-9-12)15(17-18)13-10-6-3-7-11-13/h2-11,14,16H,1H3. The largest absolute Gasteiger partial charge is 0.232 e. The maximum atomic E-state index is 4.56. The van der Waals surface area contributed by atoms with E-state index in [0.29, 0.717) is 0 Å². The summed E-state index contributed by atoms with van der Waals surface area (Å²) < 4.78 is 0. The van der Waals surface area contributed by atoms with E-state index in [1.54, 1.807) is 5.12 Å². The molecule has 1 N–H and O–H groups in total. The molecule has 0 spiro atoms. The Balaban J connectivity index is 1.99. The predicted molar refractivity (Wildman–Crippen MR) is 73.1 cm³/mol. The zero-order valence-corrected chi connectivity index (χ0v) is 10.2. The Kier molecular flexibility index (Phi) is 2.82. The van der Waals surface area contributed by atoms with Crippen LogP contribution in [0.1, 0.15) is 17.2 Å². The number of benzene rings is 2. The molecule has 1 aliphatic rings. The molecule has 2 aromatic carbocycles. The van der Waals surface area contributed by atoms with E-state index >= 15 is 0 Å². The van der Waals surface area contributed by atoms with E-state index in [2.05, 4.69) is 46.9 Å². The van der Waals surface area contributed by atoms with Gasteiger partial charge in [-0.25, -0.2) is 10.5 Å². The van der Waals surface area contributed by atoms with Gasteiger partial charge in [0.2, 0.25) is 0 Å². The molecule has 0 bridgehead atoms. The lowest BCUT2D eigenvalue weighted by Crippen LogP contribution is -2.29. The normalized spacial score (nSPS) is 18.8.